The first-order valence-electron chi connectivity index (χ1n) is 7.96. The molecule has 2 atom stereocenters. The molecule has 2 aromatic rings. The van der Waals surface area contributed by atoms with Crippen LogP contribution in [0.15, 0.2) is 42.6 Å². The average molecular weight is 314 g/mol. The van der Waals surface area contributed by atoms with Crippen molar-refractivity contribution < 1.29 is 9.90 Å². The van der Waals surface area contributed by atoms with E-state index in [1.54, 1.807) is 16.9 Å². The van der Waals surface area contributed by atoms with E-state index >= 15 is 0 Å². The highest BCUT2D eigenvalue weighted by Gasteiger charge is 2.43. The van der Waals surface area contributed by atoms with Crippen molar-refractivity contribution in [3.05, 3.63) is 53.9 Å². The summed E-state index contributed by atoms with van der Waals surface area (Å²) in [6.07, 6.45) is 1.71. The number of β-amino-alcohol motifs (C(OH)–C–C–N with tert-alkyl or cyclic N) is 1. The SMILES string of the molecule is CCn1ccc(C(=O)N[C@]2(c3ccccc3)CCNC[C@H]2O)n1. The van der Waals surface area contributed by atoms with Crippen LogP contribution >= 0.6 is 0 Å². The zero-order valence-electron chi connectivity index (χ0n) is 13.2. The van der Waals surface area contributed by atoms with Crippen molar-refractivity contribution in [1.82, 2.24) is 20.4 Å². The Balaban J connectivity index is 1.91. The molecule has 23 heavy (non-hydrogen) atoms. The number of aromatic nitrogens is 2. The van der Waals surface area contributed by atoms with Crippen molar-refractivity contribution in [2.24, 2.45) is 0 Å². The maximum Gasteiger partial charge on any atom is 0.272 e. The van der Waals surface area contributed by atoms with Crippen molar-refractivity contribution in [1.29, 1.82) is 0 Å². The van der Waals surface area contributed by atoms with Gasteiger partial charge >= 0.3 is 0 Å². The first-order valence-corrected chi connectivity index (χ1v) is 7.96. The first-order chi connectivity index (χ1) is 11.2. The van der Waals surface area contributed by atoms with E-state index in [2.05, 4.69) is 15.7 Å². The van der Waals surface area contributed by atoms with E-state index in [0.29, 0.717) is 25.2 Å². The average Bonchev–Trinajstić information content (AvgIpc) is 3.07. The molecule has 0 spiro atoms. The van der Waals surface area contributed by atoms with Gasteiger partial charge in [0.1, 0.15) is 5.69 Å². The predicted molar refractivity (Wildman–Crippen MR) is 87.0 cm³/mol. The molecule has 1 aromatic carbocycles. The fraction of sp³-hybridized carbons (Fsp3) is 0.412. The molecule has 0 aliphatic carbocycles. The number of aliphatic hydroxyl groups excluding tert-OH is 1. The van der Waals surface area contributed by atoms with Crippen LogP contribution in [0.5, 0.6) is 0 Å². The Labute approximate surface area is 135 Å². The topological polar surface area (TPSA) is 79.2 Å². The van der Waals surface area contributed by atoms with Crippen LogP contribution in [0.3, 0.4) is 0 Å². The lowest BCUT2D eigenvalue weighted by atomic mass is 9.79. The summed E-state index contributed by atoms with van der Waals surface area (Å²) in [5.74, 6) is -0.262. The van der Waals surface area contributed by atoms with Gasteiger partial charge in [-0.15, -0.1) is 0 Å². The van der Waals surface area contributed by atoms with Crippen molar-refractivity contribution in [2.45, 2.75) is 31.5 Å². The van der Waals surface area contributed by atoms with E-state index in [0.717, 1.165) is 12.1 Å². The third-order valence-corrected chi connectivity index (χ3v) is 4.43. The van der Waals surface area contributed by atoms with Gasteiger partial charge in [0.15, 0.2) is 0 Å². The van der Waals surface area contributed by atoms with Gasteiger partial charge < -0.3 is 15.7 Å². The van der Waals surface area contributed by atoms with Gasteiger partial charge in [0.05, 0.1) is 11.6 Å². The standard InChI is InChI=1S/C17H22N4O2/c1-2-21-11-8-14(20-21)16(23)19-17(9-10-18-12-15(17)22)13-6-4-3-5-7-13/h3-8,11,15,18,22H,2,9-10,12H2,1H3,(H,19,23)/t15-,17+/m1/s1. The monoisotopic (exact) mass is 314 g/mol. The number of benzene rings is 1. The molecule has 1 aromatic heterocycles. The van der Waals surface area contributed by atoms with Gasteiger partial charge in [-0.25, -0.2) is 0 Å². The van der Waals surface area contributed by atoms with Crippen LogP contribution in [0.1, 0.15) is 29.4 Å². The van der Waals surface area contributed by atoms with E-state index in [1.807, 2.05) is 37.3 Å². The van der Waals surface area contributed by atoms with Crippen LogP contribution in [0.4, 0.5) is 0 Å². The number of rotatable bonds is 4. The van der Waals surface area contributed by atoms with Crippen LogP contribution in [0.2, 0.25) is 0 Å². The molecule has 1 aliphatic rings. The Hall–Kier alpha value is -2.18. The molecule has 122 valence electrons. The summed E-state index contributed by atoms with van der Waals surface area (Å²) in [5.41, 5.74) is 0.490. The number of amides is 1. The number of hydrogen-bond donors (Lipinski definition) is 3. The van der Waals surface area contributed by atoms with Gasteiger partial charge in [-0.05, 0) is 31.5 Å². The van der Waals surface area contributed by atoms with Crippen molar-refractivity contribution in [3.63, 3.8) is 0 Å². The molecule has 1 amide bonds. The maximum absolute atomic E-state index is 12.6. The first kappa shape index (κ1) is 15.7. The molecule has 1 aliphatic heterocycles. The van der Waals surface area contributed by atoms with Crippen LogP contribution in [-0.4, -0.2) is 40.0 Å². The maximum atomic E-state index is 12.6. The molecule has 0 saturated carbocycles. The fourth-order valence-electron chi connectivity index (χ4n) is 3.08. The number of hydrogen-bond acceptors (Lipinski definition) is 4. The quantitative estimate of drug-likeness (QED) is 0.783. The highest BCUT2D eigenvalue weighted by atomic mass is 16.3. The molecule has 6 heteroatoms. The molecule has 3 N–H and O–H groups in total. The summed E-state index contributed by atoms with van der Waals surface area (Å²) in [4.78, 5) is 12.6. The largest absolute Gasteiger partial charge is 0.389 e. The molecule has 0 radical (unpaired) electrons. The zero-order chi connectivity index (χ0) is 16.3. The minimum Gasteiger partial charge on any atom is -0.389 e. The lowest BCUT2D eigenvalue weighted by Crippen LogP contribution is -2.61. The second-order valence-electron chi connectivity index (χ2n) is 5.82. The third kappa shape index (κ3) is 3.00. The minimum absolute atomic E-state index is 0.262. The van der Waals surface area contributed by atoms with E-state index in [4.69, 9.17) is 0 Å². The van der Waals surface area contributed by atoms with Crippen molar-refractivity contribution >= 4 is 5.91 Å². The fourth-order valence-corrected chi connectivity index (χ4v) is 3.08. The normalized spacial score (nSPS) is 24.3. The minimum atomic E-state index is -0.792. The van der Waals surface area contributed by atoms with Crippen LogP contribution < -0.4 is 10.6 Å². The summed E-state index contributed by atoms with van der Waals surface area (Å²) >= 11 is 0. The second kappa shape index (κ2) is 6.52. The molecule has 6 nitrogen and oxygen atoms in total. The van der Waals surface area contributed by atoms with E-state index in [9.17, 15) is 9.90 Å². The molecule has 1 saturated heterocycles. The summed E-state index contributed by atoms with van der Waals surface area (Å²) in [6.45, 7) is 3.86. The third-order valence-electron chi connectivity index (χ3n) is 4.43. The van der Waals surface area contributed by atoms with Crippen LogP contribution in [0, 0.1) is 0 Å². The number of aryl methyl sites for hydroxylation is 1. The molecule has 3 rings (SSSR count). The molecule has 0 bridgehead atoms. The number of aliphatic hydroxyl groups is 1. The highest BCUT2D eigenvalue weighted by molar-refractivity contribution is 5.92. The van der Waals surface area contributed by atoms with Gasteiger partial charge in [-0.3, -0.25) is 9.48 Å². The number of nitrogens with one attached hydrogen (secondary N) is 2. The van der Waals surface area contributed by atoms with Gasteiger partial charge in [-0.1, -0.05) is 30.3 Å². The molecule has 0 unspecified atom stereocenters. The highest BCUT2D eigenvalue weighted by Crippen LogP contribution is 2.31. The van der Waals surface area contributed by atoms with Gasteiger partial charge in [0, 0.05) is 19.3 Å². The number of nitrogens with zero attached hydrogens (tertiary/aromatic N) is 2. The summed E-state index contributed by atoms with van der Waals surface area (Å²) < 4.78 is 1.71. The van der Waals surface area contributed by atoms with Gasteiger partial charge in [0.2, 0.25) is 0 Å². The lowest BCUT2D eigenvalue weighted by Gasteiger charge is -2.42. The summed E-state index contributed by atoms with van der Waals surface area (Å²) in [6, 6.07) is 11.4. The van der Waals surface area contributed by atoms with Gasteiger partial charge in [-0.2, -0.15) is 5.10 Å². The van der Waals surface area contributed by atoms with E-state index in [1.165, 1.54) is 0 Å². The molecule has 2 heterocycles. The molecular formula is C17H22N4O2. The summed E-state index contributed by atoms with van der Waals surface area (Å²) in [7, 11) is 0. The zero-order valence-corrected chi connectivity index (χ0v) is 13.2. The lowest BCUT2D eigenvalue weighted by molar-refractivity contribution is 0.0287. The van der Waals surface area contributed by atoms with Crippen LogP contribution in [-0.2, 0) is 12.1 Å². The smallest absolute Gasteiger partial charge is 0.272 e. The number of piperidine rings is 1. The Morgan fingerprint density at radius 1 is 1.43 bits per heavy atom. The molecular weight excluding hydrogens is 292 g/mol. The van der Waals surface area contributed by atoms with Crippen molar-refractivity contribution in [3.8, 4) is 0 Å². The van der Waals surface area contributed by atoms with Gasteiger partial charge in [0.25, 0.3) is 5.91 Å². The van der Waals surface area contributed by atoms with Crippen molar-refractivity contribution in [2.75, 3.05) is 13.1 Å². The Bertz CT molecular complexity index is 670. The Morgan fingerprint density at radius 2 is 2.22 bits per heavy atom. The van der Waals surface area contributed by atoms with Crippen LogP contribution in [0.25, 0.3) is 0 Å². The second-order valence-corrected chi connectivity index (χ2v) is 5.82. The molecule has 1 fully saturated rings. The Kier molecular flexibility index (Phi) is 4.45. The van der Waals surface area contributed by atoms with E-state index < -0.39 is 11.6 Å². The predicted octanol–water partition coefficient (Wildman–Crippen LogP) is 0.882. The number of carbonyl (C=O) groups is 1. The summed E-state index contributed by atoms with van der Waals surface area (Å²) in [5, 5.41) is 21.1. The number of carbonyl (C=O) groups excluding carboxylic acids is 1. The Morgan fingerprint density at radius 3 is 2.87 bits per heavy atom. The van der Waals surface area contributed by atoms with E-state index in [-0.39, 0.29) is 5.91 Å².